The van der Waals surface area contributed by atoms with E-state index in [1.807, 2.05) is 0 Å². The van der Waals surface area contributed by atoms with Gasteiger partial charge in [-0.3, -0.25) is 14.7 Å². The predicted octanol–water partition coefficient (Wildman–Crippen LogP) is 3.79. The molecule has 1 saturated carbocycles. The van der Waals surface area contributed by atoms with Crippen molar-refractivity contribution in [2.45, 2.75) is 54.2 Å². The number of β-lactam (4-membered cyclic amide) rings is 1. The van der Waals surface area contributed by atoms with Gasteiger partial charge in [-0.2, -0.15) is 0 Å². The maximum absolute atomic E-state index is 12.5. The van der Waals surface area contributed by atoms with Gasteiger partial charge in [0, 0.05) is 11.5 Å². The molecule has 3 aliphatic rings. The summed E-state index contributed by atoms with van der Waals surface area (Å²) in [5.74, 6) is -0.834. The van der Waals surface area contributed by atoms with Crippen molar-refractivity contribution in [3.8, 4) is 0 Å². The molecular formula is C15H19BrCl2N2O3S. The summed E-state index contributed by atoms with van der Waals surface area (Å²) in [6, 6.07) is -0.437. The molecule has 5 nitrogen and oxygen atoms in total. The van der Waals surface area contributed by atoms with Crippen LogP contribution in [0, 0.1) is 0 Å². The summed E-state index contributed by atoms with van der Waals surface area (Å²) in [5.41, 5.74) is 1.67. The Morgan fingerprint density at radius 3 is 2.50 bits per heavy atom. The van der Waals surface area contributed by atoms with Gasteiger partial charge in [-0.1, -0.05) is 28.8 Å². The van der Waals surface area contributed by atoms with Crippen LogP contribution in [-0.4, -0.2) is 49.0 Å². The van der Waals surface area contributed by atoms with Crippen LogP contribution in [0.5, 0.6) is 0 Å². The molecule has 3 rings (SSSR count). The van der Waals surface area contributed by atoms with Crippen LogP contribution < -0.4 is 0 Å². The molecule has 2 aliphatic heterocycles. The van der Waals surface area contributed by atoms with Crippen molar-refractivity contribution >= 4 is 69.3 Å². The van der Waals surface area contributed by atoms with E-state index in [0.717, 1.165) is 31.4 Å². The number of thioether (sulfide) groups is 1. The molecule has 0 radical (unpaired) electrons. The number of aliphatic carboxylic acids is 1. The molecular weight excluding hydrogens is 439 g/mol. The second-order valence-corrected chi connectivity index (χ2v) is 8.93. The molecule has 0 aromatic carbocycles. The van der Waals surface area contributed by atoms with Crippen molar-refractivity contribution < 1.29 is 14.7 Å². The number of alkyl halides is 2. The first kappa shape index (κ1) is 20.1. The Balaban J connectivity index is 0.00000208. The van der Waals surface area contributed by atoms with Gasteiger partial charge < -0.3 is 5.11 Å². The number of hydrogen-bond donors (Lipinski definition) is 1. The molecule has 9 heteroatoms. The van der Waals surface area contributed by atoms with Gasteiger partial charge in [-0.05, 0) is 31.3 Å². The van der Waals surface area contributed by atoms with Crippen LogP contribution >= 0.6 is 51.7 Å². The van der Waals surface area contributed by atoms with Crippen LogP contribution in [0.25, 0.3) is 0 Å². The van der Waals surface area contributed by atoms with E-state index in [0.29, 0.717) is 11.3 Å². The molecule has 1 amide bonds. The van der Waals surface area contributed by atoms with Crippen molar-refractivity contribution in [3.63, 3.8) is 0 Å². The van der Waals surface area contributed by atoms with Crippen LogP contribution in [0.2, 0.25) is 0 Å². The standard InChI is InChI=1S/C15H18BrClN2O3S.ClH/c16-12(17)9-7-23-14-10(13(20)19(14)11(9)15(21)22)18-8-5-3-1-2-4-6-8;/h10,12,14H,1-7H2,(H,21,22);1H/t10-,12?,14+;/m1./s1. The summed E-state index contributed by atoms with van der Waals surface area (Å²) in [4.78, 5) is 30.1. The number of carboxylic acid groups (broad SMARTS) is 1. The number of rotatable bonds is 3. The fourth-order valence-corrected chi connectivity index (χ4v) is 5.48. The smallest absolute Gasteiger partial charge is 0.352 e. The fraction of sp³-hybridized carbons (Fsp3) is 0.667. The van der Waals surface area contributed by atoms with Gasteiger partial charge in [0.05, 0.1) is 0 Å². The van der Waals surface area contributed by atoms with Crippen molar-refractivity contribution in [2.75, 3.05) is 5.75 Å². The first-order valence-corrected chi connectivity index (χ1v) is 10.2. The second-order valence-electron chi connectivity index (χ2n) is 5.94. The van der Waals surface area contributed by atoms with Gasteiger partial charge in [0.15, 0.2) is 6.04 Å². The zero-order valence-electron chi connectivity index (χ0n) is 12.9. The molecule has 2 heterocycles. The number of hydrogen-bond acceptors (Lipinski definition) is 4. The SMILES string of the molecule is Cl.O=C(O)C1=C(C(Cl)Br)CS[C@H]2[C@H](N=C3CCCCCC3)C(=O)N12. The van der Waals surface area contributed by atoms with Crippen LogP contribution in [-0.2, 0) is 9.59 Å². The first-order chi connectivity index (χ1) is 11.0. The number of halogens is 3. The summed E-state index contributed by atoms with van der Waals surface area (Å²) >= 11 is 10.8. The third-order valence-electron chi connectivity index (χ3n) is 4.44. The summed E-state index contributed by atoms with van der Waals surface area (Å²) in [6.07, 6.45) is 6.62. The summed E-state index contributed by atoms with van der Waals surface area (Å²) in [6.45, 7) is 0. The molecule has 1 unspecified atom stereocenters. The van der Waals surface area contributed by atoms with Gasteiger partial charge in [0.2, 0.25) is 0 Å². The molecule has 1 saturated heterocycles. The number of fused-ring (bicyclic) bond motifs is 1. The fourth-order valence-electron chi connectivity index (χ4n) is 3.24. The molecule has 1 aliphatic carbocycles. The lowest BCUT2D eigenvalue weighted by Gasteiger charge is -2.48. The van der Waals surface area contributed by atoms with E-state index in [4.69, 9.17) is 11.6 Å². The zero-order valence-corrected chi connectivity index (χ0v) is 16.9. The molecule has 24 heavy (non-hydrogen) atoms. The Kier molecular flexibility index (Phi) is 7.05. The monoisotopic (exact) mass is 456 g/mol. The van der Waals surface area contributed by atoms with Crippen LogP contribution in [0.3, 0.4) is 0 Å². The maximum Gasteiger partial charge on any atom is 0.352 e. The molecule has 0 bridgehead atoms. The highest BCUT2D eigenvalue weighted by atomic mass is 79.9. The largest absolute Gasteiger partial charge is 0.477 e. The average molecular weight is 458 g/mol. The van der Waals surface area contributed by atoms with Gasteiger partial charge in [0.1, 0.15) is 15.4 Å². The van der Waals surface area contributed by atoms with Gasteiger partial charge in [0.25, 0.3) is 5.91 Å². The molecule has 0 aromatic heterocycles. The van der Waals surface area contributed by atoms with E-state index < -0.39 is 16.3 Å². The lowest BCUT2D eigenvalue weighted by Crippen LogP contribution is -2.64. The van der Waals surface area contributed by atoms with Crippen LogP contribution in [0.4, 0.5) is 0 Å². The van der Waals surface area contributed by atoms with Crippen molar-refractivity contribution in [3.05, 3.63) is 11.3 Å². The zero-order chi connectivity index (χ0) is 16.6. The third-order valence-corrected chi connectivity index (χ3v) is 6.54. The molecule has 134 valence electrons. The van der Waals surface area contributed by atoms with E-state index in [9.17, 15) is 14.7 Å². The van der Waals surface area contributed by atoms with E-state index in [1.54, 1.807) is 0 Å². The van der Waals surface area contributed by atoms with Crippen molar-refractivity contribution in [2.24, 2.45) is 4.99 Å². The van der Waals surface area contributed by atoms with Gasteiger partial charge >= 0.3 is 5.97 Å². The number of carbonyl (C=O) groups excluding carboxylic acids is 1. The van der Waals surface area contributed by atoms with E-state index in [1.165, 1.54) is 29.5 Å². The topological polar surface area (TPSA) is 70.0 Å². The third kappa shape index (κ3) is 3.79. The number of amides is 1. The Hall–Kier alpha value is -0.240. The summed E-state index contributed by atoms with van der Waals surface area (Å²) in [7, 11) is 0. The number of nitrogens with zero attached hydrogens (tertiary/aromatic N) is 2. The van der Waals surface area contributed by atoms with Gasteiger partial charge in [-0.15, -0.1) is 35.8 Å². The highest BCUT2D eigenvalue weighted by Crippen LogP contribution is 2.44. The minimum absolute atomic E-state index is 0. The second kappa shape index (κ2) is 8.43. The summed E-state index contributed by atoms with van der Waals surface area (Å²) < 4.78 is -0.581. The van der Waals surface area contributed by atoms with E-state index in [2.05, 4.69) is 20.9 Å². The van der Waals surface area contributed by atoms with Crippen molar-refractivity contribution in [1.82, 2.24) is 4.90 Å². The Labute approximate surface area is 164 Å². The highest BCUT2D eigenvalue weighted by Gasteiger charge is 2.54. The molecule has 2 fully saturated rings. The predicted molar refractivity (Wildman–Crippen MR) is 102 cm³/mol. The number of aliphatic imine (C=N–C) groups is 1. The van der Waals surface area contributed by atoms with E-state index in [-0.39, 0.29) is 29.4 Å². The van der Waals surface area contributed by atoms with Crippen molar-refractivity contribution in [1.29, 1.82) is 0 Å². The number of carbonyl (C=O) groups is 2. The Morgan fingerprint density at radius 2 is 1.96 bits per heavy atom. The number of carboxylic acids is 1. The highest BCUT2D eigenvalue weighted by molar-refractivity contribution is 9.10. The first-order valence-electron chi connectivity index (χ1n) is 7.75. The Bertz CT molecular complexity index is 587. The maximum atomic E-state index is 12.5. The van der Waals surface area contributed by atoms with Crippen LogP contribution in [0.1, 0.15) is 38.5 Å². The lowest BCUT2D eigenvalue weighted by atomic mass is 10.0. The van der Waals surface area contributed by atoms with E-state index >= 15 is 0 Å². The molecule has 0 aromatic rings. The molecule has 3 atom stereocenters. The Morgan fingerprint density at radius 1 is 1.33 bits per heavy atom. The average Bonchev–Trinajstić information content (AvgIpc) is 2.79. The minimum atomic E-state index is -1.11. The molecule has 1 N–H and O–H groups in total. The minimum Gasteiger partial charge on any atom is -0.477 e. The van der Waals surface area contributed by atoms with Gasteiger partial charge in [-0.25, -0.2) is 4.79 Å². The normalized spacial score (nSPS) is 28.3. The summed E-state index contributed by atoms with van der Waals surface area (Å²) in [5, 5.41) is 9.25. The lowest BCUT2D eigenvalue weighted by molar-refractivity contribution is -0.147. The van der Waals surface area contributed by atoms with Crippen LogP contribution in [0.15, 0.2) is 16.3 Å². The molecule has 0 spiro atoms. The quantitative estimate of drug-likeness (QED) is 0.397.